The van der Waals surface area contributed by atoms with Crippen LogP contribution in [0.15, 0.2) is 42.5 Å². The van der Waals surface area contributed by atoms with Crippen molar-refractivity contribution in [1.29, 1.82) is 0 Å². The van der Waals surface area contributed by atoms with E-state index in [-0.39, 0.29) is 22.4 Å². The van der Waals surface area contributed by atoms with Gasteiger partial charge in [-0.3, -0.25) is 0 Å². The summed E-state index contributed by atoms with van der Waals surface area (Å²) in [4.78, 5) is 0. The van der Waals surface area contributed by atoms with Crippen molar-refractivity contribution in [3.05, 3.63) is 64.2 Å². The van der Waals surface area contributed by atoms with Gasteiger partial charge in [-0.2, -0.15) is 0 Å². The van der Waals surface area contributed by atoms with Crippen molar-refractivity contribution in [1.82, 2.24) is 0 Å². The third-order valence-corrected chi connectivity index (χ3v) is 5.43. The summed E-state index contributed by atoms with van der Waals surface area (Å²) in [6.45, 7) is 0. The topological polar surface area (TPSA) is 9.23 Å². The molecule has 0 aromatic heterocycles. The van der Waals surface area contributed by atoms with Crippen LogP contribution in [0.4, 0.5) is 8.78 Å². The van der Waals surface area contributed by atoms with Crippen LogP contribution in [0, 0.1) is 0 Å². The van der Waals surface area contributed by atoms with Gasteiger partial charge in [0, 0.05) is 22.4 Å². The Balaban J connectivity index is 1.92. The van der Waals surface area contributed by atoms with E-state index in [0.29, 0.717) is 5.56 Å². The predicted octanol–water partition coefficient (Wildman–Crippen LogP) is 6.34. The number of rotatable bonds is 4. The van der Waals surface area contributed by atoms with Crippen molar-refractivity contribution in [2.24, 2.45) is 0 Å². The standard InChI is InChI=1S/C17H13Cl3F2O/c1-23-11-5-2-9(3-6-11)14-15(17(14,19)20)10-4-7-13(18)12(8-10)16(21)22/h2-8,14-16H,1H3/t14-,15-/m1/s1. The molecule has 2 aromatic carbocycles. The van der Waals surface area contributed by atoms with E-state index in [1.807, 2.05) is 24.3 Å². The average Bonchev–Trinajstić information content (AvgIpc) is 3.10. The molecule has 0 spiro atoms. The molecule has 0 bridgehead atoms. The smallest absolute Gasteiger partial charge is 0.265 e. The first-order valence-corrected chi connectivity index (χ1v) is 8.09. The van der Waals surface area contributed by atoms with Gasteiger partial charge in [-0.05, 0) is 35.4 Å². The summed E-state index contributed by atoms with van der Waals surface area (Å²) in [6.07, 6.45) is -2.64. The Labute approximate surface area is 148 Å². The number of ether oxygens (including phenoxy) is 1. The largest absolute Gasteiger partial charge is 0.497 e. The third-order valence-electron chi connectivity index (χ3n) is 4.14. The van der Waals surface area contributed by atoms with Crippen LogP contribution >= 0.6 is 34.8 Å². The van der Waals surface area contributed by atoms with Crippen LogP contribution < -0.4 is 4.74 Å². The van der Waals surface area contributed by atoms with Crippen molar-refractivity contribution in [3.63, 3.8) is 0 Å². The minimum atomic E-state index is -2.64. The SMILES string of the molecule is COc1ccc([C@@H]2[C@@H](c3ccc(Cl)c(C(F)F)c3)C2(Cl)Cl)cc1. The molecule has 0 amide bonds. The minimum absolute atomic E-state index is 0.0418. The number of halogens is 5. The molecule has 0 aliphatic heterocycles. The normalized spacial score (nSPS) is 22.2. The highest BCUT2D eigenvalue weighted by atomic mass is 35.5. The van der Waals surface area contributed by atoms with Crippen LogP contribution in [0.5, 0.6) is 5.75 Å². The molecule has 6 heteroatoms. The molecule has 1 aliphatic carbocycles. The molecular weight excluding hydrogens is 365 g/mol. The van der Waals surface area contributed by atoms with Gasteiger partial charge in [-0.15, -0.1) is 23.2 Å². The second kappa shape index (κ2) is 6.12. The third kappa shape index (κ3) is 3.02. The maximum Gasteiger partial charge on any atom is 0.265 e. The Morgan fingerprint density at radius 3 is 2.13 bits per heavy atom. The molecular formula is C17H13Cl3F2O. The lowest BCUT2D eigenvalue weighted by atomic mass is 10.0. The zero-order chi connectivity index (χ0) is 16.8. The Morgan fingerprint density at radius 2 is 1.57 bits per heavy atom. The second-order valence-corrected chi connectivity index (χ2v) is 7.34. The van der Waals surface area contributed by atoms with E-state index in [1.165, 1.54) is 12.1 Å². The molecule has 1 saturated carbocycles. The first kappa shape index (κ1) is 16.8. The number of benzene rings is 2. The molecule has 2 aromatic rings. The van der Waals surface area contributed by atoms with E-state index in [9.17, 15) is 8.78 Å². The molecule has 1 nitrogen and oxygen atoms in total. The van der Waals surface area contributed by atoms with Gasteiger partial charge in [0.15, 0.2) is 0 Å². The summed E-state index contributed by atoms with van der Waals surface area (Å²) in [7, 11) is 1.59. The fraction of sp³-hybridized carbons (Fsp3) is 0.294. The molecule has 23 heavy (non-hydrogen) atoms. The Morgan fingerprint density at radius 1 is 1.00 bits per heavy atom. The van der Waals surface area contributed by atoms with Gasteiger partial charge in [0.1, 0.15) is 10.1 Å². The molecule has 2 atom stereocenters. The molecule has 122 valence electrons. The summed E-state index contributed by atoms with van der Waals surface area (Å²) in [5, 5.41) is 0.0418. The average molecular weight is 378 g/mol. The van der Waals surface area contributed by atoms with Crippen LogP contribution in [-0.4, -0.2) is 11.4 Å². The van der Waals surface area contributed by atoms with E-state index in [1.54, 1.807) is 13.2 Å². The summed E-state index contributed by atoms with van der Waals surface area (Å²) >= 11 is 18.6. The summed E-state index contributed by atoms with van der Waals surface area (Å²) in [5.74, 6) is 0.310. The van der Waals surface area contributed by atoms with E-state index in [4.69, 9.17) is 39.5 Å². The zero-order valence-electron chi connectivity index (χ0n) is 12.1. The van der Waals surface area contributed by atoms with Crippen molar-refractivity contribution < 1.29 is 13.5 Å². The van der Waals surface area contributed by atoms with Crippen LogP contribution in [0.2, 0.25) is 5.02 Å². The second-order valence-electron chi connectivity index (χ2n) is 5.48. The van der Waals surface area contributed by atoms with Gasteiger partial charge in [0.2, 0.25) is 0 Å². The van der Waals surface area contributed by atoms with Crippen molar-refractivity contribution in [3.8, 4) is 5.75 Å². The number of hydrogen-bond acceptors (Lipinski definition) is 1. The molecule has 3 rings (SSSR count). The van der Waals surface area contributed by atoms with Crippen molar-refractivity contribution in [2.45, 2.75) is 22.6 Å². The fourth-order valence-corrected chi connectivity index (χ4v) is 3.97. The maximum absolute atomic E-state index is 13.0. The molecule has 0 N–H and O–H groups in total. The van der Waals surface area contributed by atoms with Crippen LogP contribution in [0.3, 0.4) is 0 Å². The van der Waals surface area contributed by atoms with E-state index >= 15 is 0 Å². The lowest BCUT2D eigenvalue weighted by Crippen LogP contribution is -1.93. The molecule has 1 fully saturated rings. The Hall–Kier alpha value is -1.03. The summed E-state index contributed by atoms with van der Waals surface area (Å²) in [6, 6.07) is 12.0. The molecule has 0 saturated heterocycles. The quantitative estimate of drug-likeness (QED) is 0.565. The minimum Gasteiger partial charge on any atom is -0.497 e. The van der Waals surface area contributed by atoms with Crippen LogP contribution in [0.1, 0.15) is 35.0 Å². The maximum atomic E-state index is 13.0. The first-order valence-electron chi connectivity index (χ1n) is 6.95. The van der Waals surface area contributed by atoms with Crippen molar-refractivity contribution in [2.75, 3.05) is 7.11 Å². The van der Waals surface area contributed by atoms with Crippen molar-refractivity contribution >= 4 is 34.8 Å². The van der Waals surface area contributed by atoms with Crippen LogP contribution in [0.25, 0.3) is 0 Å². The zero-order valence-corrected chi connectivity index (χ0v) is 14.3. The van der Waals surface area contributed by atoms with Gasteiger partial charge in [-0.25, -0.2) is 8.78 Å². The van der Waals surface area contributed by atoms with Gasteiger partial charge in [0.05, 0.1) is 7.11 Å². The highest BCUT2D eigenvalue weighted by Crippen LogP contribution is 2.70. The van der Waals surface area contributed by atoms with E-state index in [2.05, 4.69) is 0 Å². The number of alkyl halides is 4. The summed E-state index contributed by atoms with van der Waals surface area (Å²) in [5.41, 5.74) is 1.40. The molecule has 0 radical (unpaired) electrons. The Bertz CT molecular complexity index is 716. The molecule has 0 unspecified atom stereocenters. The van der Waals surface area contributed by atoms with Crippen LogP contribution in [-0.2, 0) is 0 Å². The van der Waals surface area contributed by atoms with Gasteiger partial charge >= 0.3 is 0 Å². The van der Waals surface area contributed by atoms with Gasteiger partial charge in [-0.1, -0.05) is 29.8 Å². The Kier molecular flexibility index (Phi) is 4.47. The van der Waals surface area contributed by atoms with E-state index < -0.39 is 10.8 Å². The number of hydrogen-bond donors (Lipinski definition) is 0. The first-order chi connectivity index (χ1) is 10.9. The molecule has 0 heterocycles. The highest BCUT2D eigenvalue weighted by molar-refractivity contribution is 6.52. The van der Waals surface area contributed by atoms with E-state index in [0.717, 1.165) is 11.3 Å². The lowest BCUT2D eigenvalue weighted by molar-refractivity contribution is 0.151. The summed E-state index contributed by atoms with van der Waals surface area (Å²) < 4.78 is 30.1. The lowest BCUT2D eigenvalue weighted by Gasteiger charge is -2.07. The number of methoxy groups -OCH3 is 1. The predicted molar refractivity (Wildman–Crippen MR) is 89.3 cm³/mol. The van der Waals surface area contributed by atoms with Gasteiger partial charge in [0.25, 0.3) is 6.43 Å². The monoisotopic (exact) mass is 376 g/mol. The fourth-order valence-electron chi connectivity index (χ4n) is 2.89. The van der Waals surface area contributed by atoms with Gasteiger partial charge < -0.3 is 4.74 Å². The highest BCUT2D eigenvalue weighted by Gasteiger charge is 2.64. The molecule has 1 aliphatic rings.